The third-order valence-electron chi connectivity index (χ3n) is 4.48. The molecular formula is C21H18ClN5O3. The van der Waals surface area contributed by atoms with E-state index in [1.807, 2.05) is 19.9 Å². The normalized spacial score (nSPS) is 11.2. The van der Waals surface area contributed by atoms with Gasteiger partial charge in [-0.1, -0.05) is 47.1 Å². The van der Waals surface area contributed by atoms with E-state index in [4.69, 9.17) is 16.1 Å². The van der Waals surface area contributed by atoms with Crippen LogP contribution in [0.4, 0.5) is 0 Å². The molecule has 1 N–H and O–H groups in total. The standard InChI is InChI=1S/C21H18ClN5O3/c1-12(2)27-21(29)16-9-4-3-8-15(16)18(25-27)20(28)23-11-17-24-19(26-30-17)13-6-5-7-14(22)10-13/h3-10,12H,11H2,1-2H3,(H,23,28). The summed E-state index contributed by atoms with van der Waals surface area (Å²) in [6.45, 7) is 3.69. The van der Waals surface area contributed by atoms with Gasteiger partial charge in [0, 0.05) is 16.0 Å². The van der Waals surface area contributed by atoms with Gasteiger partial charge in [-0.3, -0.25) is 9.59 Å². The number of aromatic nitrogens is 4. The van der Waals surface area contributed by atoms with E-state index in [-0.39, 0.29) is 29.7 Å². The van der Waals surface area contributed by atoms with Crippen LogP contribution in [0.15, 0.2) is 57.8 Å². The summed E-state index contributed by atoms with van der Waals surface area (Å²) < 4.78 is 6.53. The highest BCUT2D eigenvalue weighted by Crippen LogP contribution is 2.20. The quantitative estimate of drug-likeness (QED) is 0.526. The number of rotatable bonds is 5. The van der Waals surface area contributed by atoms with Gasteiger partial charge < -0.3 is 9.84 Å². The summed E-state index contributed by atoms with van der Waals surface area (Å²) in [5, 5.41) is 12.4. The second-order valence-corrected chi connectivity index (χ2v) is 7.38. The zero-order valence-corrected chi connectivity index (χ0v) is 17.1. The van der Waals surface area contributed by atoms with Crippen LogP contribution >= 0.6 is 11.6 Å². The van der Waals surface area contributed by atoms with Crippen molar-refractivity contribution in [1.82, 2.24) is 25.2 Å². The van der Waals surface area contributed by atoms with E-state index in [9.17, 15) is 9.59 Å². The molecule has 0 unspecified atom stereocenters. The maximum Gasteiger partial charge on any atom is 0.274 e. The van der Waals surface area contributed by atoms with Gasteiger partial charge in [0.25, 0.3) is 11.5 Å². The molecule has 4 aromatic rings. The smallest absolute Gasteiger partial charge is 0.274 e. The molecule has 0 radical (unpaired) electrons. The van der Waals surface area contributed by atoms with Gasteiger partial charge in [-0.25, -0.2) is 4.68 Å². The summed E-state index contributed by atoms with van der Waals surface area (Å²) in [7, 11) is 0. The van der Waals surface area contributed by atoms with Gasteiger partial charge in [-0.15, -0.1) is 0 Å². The largest absolute Gasteiger partial charge is 0.342 e. The van der Waals surface area contributed by atoms with Crippen molar-refractivity contribution < 1.29 is 9.32 Å². The number of halogens is 1. The molecule has 2 heterocycles. The van der Waals surface area contributed by atoms with E-state index < -0.39 is 5.91 Å². The number of carbonyl (C=O) groups is 1. The highest BCUT2D eigenvalue weighted by Gasteiger charge is 2.18. The SMILES string of the molecule is CC(C)n1nc(C(=O)NCc2nc(-c3cccc(Cl)c3)no2)c2ccccc2c1=O. The fourth-order valence-electron chi connectivity index (χ4n) is 3.04. The van der Waals surface area contributed by atoms with Crippen LogP contribution < -0.4 is 10.9 Å². The molecule has 0 bridgehead atoms. The summed E-state index contributed by atoms with van der Waals surface area (Å²) in [5.74, 6) is 0.168. The molecule has 0 fully saturated rings. The molecule has 2 aromatic carbocycles. The minimum atomic E-state index is -0.442. The Balaban J connectivity index is 1.59. The van der Waals surface area contributed by atoms with Crippen LogP contribution in [0.3, 0.4) is 0 Å². The highest BCUT2D eigenvalue weighted by atomic mass is 35.5. The van der Waals surface area contributed by atoms with Crippen molar-refractivity contribution in [2.45, 2.75) is 26.4 Å². The van der Waals surface area contributed by atoms with Gasteiger partial charge in [-0.05, 0) is 32.0 Å². The Hall–Kier alpha value is -3.52. The summed E-state index contributed by atoms with van der Waals surface area (Å²) in [6, 6.07) is 13.8. The zero-order valence-electron chi connectivity index (χ0n) is 16.3. The van der Waals surface area contributed by atoms with Gasteiger partial charge in [0.2, 0.25) is 11.7 Å². The Morgan fingerprint density at radius 1 is 1.17 bits per heavy atom. The van der Waals surface area contributed by atoms with Gasteiger partial charge in [0.15, 0.2) is 5.69 Å². The van der Waals surface area contributed by atoms with Crippen molar-refractivity contribution in [3.05, 3.63) is 75.5 Å². The summed E-state index contributed by atoms with van der Waals surface area (Å²) in [5.41, 5.74) is 0.634. The molecule has 30 heavy (non-hydrogen) atoms. The fourth-order valence-corrected chi connectivity index (χ4v) is 3.23. The molecule has 0 aliphatic heterocycles. The Morgan fingerprint density at radius 3 is 2.67 bits per heavy atom. The molecule has 1 amide bonds. The molecule has 0 aliphatic carbocycles. The first-order valence-corrected chi connectivity index (χ1v) is 9.70. The zero-order chi connectivity index (χ0) is 21.3. The lowest BCUT2D eigenvalue weighted by molar-refractivity contribution is 0.0940. The second-order valence-electron chi connectivity index (χ2n) is 6.94. The van der Waals surface area contributed by atoms with Crippen molar-refractivity contribution in [3.8, 4) is 11.4 Å². The number of nitrogens with zero attached hydrogens (tertiary/aromatic N) is 4. The van der Waals surface area contributed by atoms with Crippen LogP contribution in [0.5, 0.6) is 0 Å². The molecular weight excluding hydrogens is 406 g/mol. The first kappa shape index (κ1) is 19.8. The Morgan fingerprint density at radius 2 is 1.93 bits per heavy atom. The van der Waals surface area contributed by atoms with Crippen molar-refractivity contribution in [1.29, 1.82) is 0 Å². The van der Waals surface area contributed by atoms with E-state index in [2.05, 4.69) is 20.6 Å². The minimum Gasteiger partial charge on any atom is -0.342 e. The fraction of sp³-hybridized carbons (Fsp3) is 0.190. The van der Waals surface area contributed by atoms with E-state index in [1.54, 1.807) is 42.5 Å². The number of benzene rings is 2. The number of amides is 1. The van der Waals surface area contributed by atoms with Crippen LogP contribution in [-0.4, -0.2) is 25.8 Å². The molecule has 9 heteroatoms. The van der Waals surface area contributed by atoms with Crippen molar-refractivity contribution in [3.63, 3.8) is 0 Å². The molecule has 0 saturated carbocycles. The van der Waals surface area contributed by atoms with Crippen LogP contribution in [0.2, 0.25) is 5.02 Å². The number of fused-ring (bicyclic) bond motifs is 1. The van der Waals surface area contributed by atoms with Crippen molar-refractivity contribution >= 4 is 28.3 Å². The number of hydrogen-bond acceptors (Lipinski definition) is 6. The topological polar surface area (TPSA) is 103 Å². The predicted octanol–water partition coefficient (Wildman–Crippen LogP) is 3.61. The first-order valence-electron chi connectivity index (χ1n) is 9.32. The van der Waals surface area contributed by atoms with Gasteiger partial charge >= 0.3 is 0 Å². The average Bonchev–Trinajstić information content (AvgIpc) is 3.21. The van der Waals surface area contributed by atoms with Crippen molar-refractivity contribution in [2.24, 2.45) is 0 Å². The molecule has 4 rings (SSSR count). The average molecular weight is 424 g/mol. The number of carbonyl (C=O) groups excluding carboxylic acids is 1. The maximum atomic E-state index is 12.8. The molecule has 0 saturated heterocycles. The minimum absolute atomic E-state index is 0.0171. The van der Waals surface area contributed by atoms with Gasteiger partial charge in [-0.2, -0.15) is 10.1 Å². The van der Waals surface area contributed by atoms with Gasteiger partial charge in [0.05, 0.1) is 18.0 Å². The number of nitrogens with one attached hydrogen (secondary N) is 1. The van der Waals surface area contributed by atoms with E-state index in [1.165, 1.54) is 4.68 Å². The Kier molecular flexibility index (Phi) is 5.33. The second kappa shape index (κ2) is 8.08. The van der Waals surface area contributed by atoms with Crippen LogP contribution in [0.1, 0.15) is 36.3 Å². The van der Waals surface area contributed by atoms with Gasteiger partial charge in [0.1, 0.15) is 0 Å². The highest BCUT2D eigenvalue weighted by molar-refractivity contribution is 6.30. The van der Waals surface area contributed by atoms with Crippen LogP contribution in [0.25, 0.3) is 22.2 Å². The molecule has 0 aliphatic rings. The molecule has 8 nitrogen and oxygen atoms in total. The third kappa shape index (κ3) is 3.81. The maximum absolute atomic E-state index is 12.8. The van der Waals surface area contributed by atoms with E-state index in [0.29, 0.717) is 27.2 Å². The first-order chi connectivity index (χ1) is 14.4. The predicted molar refractivity (Wildman–Crippen MR) is 112 cm³/mol. The van der Waals surface area contributed by atoms with Crippen LogP contribution in [-0.2, 0) is 6.54 Å². The monoisotopic (exact) mass is 423 g/mol. The van der Waals surface area contributed by atoms with Crippen molar-refractivity contribution in [2.75, 3.05) is 0 Å². The van der Waals surface area contributed by atoms with E-state index in [0.717, 1.165) is 0 Å². The molecule has 2 aromatic heterocycles. The summed E-state index contributed by atoms with van der Waals surface area (Å²) >= 11 is 5.99. The molecule has 0 spiro atoms. The summed E-state index contributed by atoms with van der Waals surface area (Å²) in [4.78, 5) is 29.7. The molecule has 152 valence electrons. The van der Waals surface area contributed by atoms with Crippen LogP contribution in [0, 0.1) is 0 Å². The summed E-state index contributed by atoms with van der Waals surface area (Å²) in [6.07, 6.45) is 0. The Labute approximate surface area is 176 Å². The lowest BCUT2D eigenvalue weighted by Crippen LogP contribution is -2.31. The lowest BCUT2D eigenvalue weighted by Gasteiger charge is -2.13. The number of hydrogen-bond donors (Lipinski definition) is 1. The third-order valence-corrected chi connectivity index (χ3v) is 4.72. The van der Waals surface area contributed by atoms with E-state index >= 15 is 0 Å². The lowest BCUT2D eigenvalue weighted by atomic mass is 10.1. The Bertz CT molecular complexity index is 1300. The molecule has 0 atom stereocenters.